The fourth-order valence-corrected chi connectivity index (χ4v) is 2.89. The zero-order valence-corrected chi connectivity index (χ0v) is 12.3. The zero-order chi connectivity index (χ0) is 14.7. The second-order valence-corrected chi connectivity index (χ2v) is 5.34. The molecule has 2 rings (SSSR count). The highest BCUT2D eigenvalue weighted by Crippen LogP contribution is 2.33. The Morgan fingerprint density at radius 1 is 1.55 bits per heavy atom. The van der Waals surface area contributed by atoms with Crippen molar-refractivity contribution in [2.75, 3.05) is 30.3 Å². The third-order valence-corrected chi connectivity index (χ3v) is 3.79. The van der Waals surface area contributed by atoms with E-state index in [-0.39, 0.29) is 6.10 Å². The number of likely N-dealkylation sites (N-methyl/N-ethyl adjacent to an activating group) is 1. The summed E-state index contributed by atoms with van der Waals surface area (Å²) in [5.74, 6) is -0.528. The Morgan fingerprint density at radius 3 is 2.85 bits per heavy atom. The van der Waals surface area contributed by atoms with E-state index >= 15 is 0 Å². The molecular weight excluding hydrogens is 278 g/mol. The maximum Gasteiger partial charge on any atom is 0.250 e. The number of halogens is 1. The molecule has 1 aliphatic rings. The molecular formula is C14H20ClN3O2. The number of rotatable bonds is 5. The van der Waals surface area contributed by atoms with Crippen molar-refractivity contribution in [1.82, 2.24) is 0 Å². The van der Waals surface area contributed by atoms with Crippen LogP contribution in [-0.2, 0) is 4.74 Å². The molecule has 1 atom stereocenters. The summed E-state index contributed by atoms with van der Waals surface area (Å²) in [5, 5.41) is 0.443. The summed E-state index contributed by atoms with van der Waals surface area (Å²) >= 11 is 6.27. The Morgan fingerprint density at radius 2 is 2.30 bits per heavy atom. The smallest absolute Gasteiger partial charge is 0.250 e. The van der Waals surface area contributed by atoms with Crippen LogP contribution in [0.5, 0.6) is 0 Å². The number of benzene rings is 1. The number of carbonyl (C=O) groups is 1. The van der Waals surface area contributed by atoms with Gasteiger partial charge in [0.1, 0.15) is 0 Å². The van der Waals surface area contributed by atoms with Crippen LogP contribution in [0.3, 0.4) is 0 Å². The first-order chi connectivity index (χ1) is 9.52. The largest absolute Gasteiger partial charge is 0.399 e. The van der Waals surface area contributed by atoms with Crippen molar-refractivity contribution in [2.45, 2.75) is 25.9 Å². The molecule has 5 nitrogen and oxygen atoms in total. The van der Waals surface area contributed by atoms with Crippen LogP contribution in [0.25, 0.3) is 0 Å². The molecule has 0 aliphatic carbocycles. The monoisotopic (exact) mass is 297 g/mol. The summed E-state index contributed by atoms with van der Waals surface area (Å²) in [6.07, 6.45) is 2.26. The lowest BCUT2D eigenvalue weighted by Crippen LogP contribution is -2.34. The number of amides is 1. The predicted octanol–water partition coefficient (Wildman–Crippen LogP) is 2.03. The molecule has 6 heteroatoms. The highest BCUT2D eigenvalue weighted by Gasteiger charge is 2.23. The van der Waals surface area contributed by atoms with Gasteiger partial charge in [0.2, 0.25) is 0 Å². The Kier molecular flexibility index (Phi) is 4.73. The quantitative estimate of drug-likeness (QED) is 0.815. The Balaban J connectivity index is 2.34. The van der Waals surface area contributed by atoms with Crippen molar-refractivity contribution < 1.29 is 9.53 Å². The van der Waals surface area contributed by atoms with Gasteiger partial charge in [-0.3, -0.25) is 4.79 Å². The van der Waals surface area contributed by atoms with Gasteiger partial charge in [0.25, 0.3) is 5.91 Å². The molecule has 1 amide bonds. The molecule has 1 aromatic carbocycles. The van der Waals surface area contributed by atoms with Gasteiger partial charge in [-0.15, -0.1) is 0 Å². The number of nitrogen functional groups attached to an aromatic ring is 1. The van der Waals surface area contributed by atoms with Crippen molar-refractivity contribution in [3.63, 3.8) is 0 Å². The number of primary amides is 1. The normalized spacial score (nSPS) is 18.2. The molecule has 0 radical (unpaired) electrons. The first kappa shape index (κ1) is 14.9. The Labute approximate surface area is 123 Å². The summed E-state index contributed by atoms with van der Waals surface area (Å²) in [4.78, 5) is 13.7. The van der Waals surface area contributed by atoms with Gasteiger partial charge in [0, 0.05) is 25.4 Å². The minimum atomic E-state index is -0.528. The number of hydrogen-bond acceptors (Lipinski definition) is 4. The molecule has 1 aliphatic heterocycles. The van der Waals surface area contributed by atoms with Gasteiger partial charge >= 0.3 is 0 Å². The molecule has 1 fully saturated rings. The lowest BCUT2D eigenvalue weighted by molar-refractivity contribution is 0.0999. The van der Waals surface area contributed by atoms with E-state index < -0.39 is 5.91 Å². The van der Waals surface area contributed by atoms with E-state index in [4.69, 9.17) is 27.8 Å². The van der Waals surface area contributed by atoms with Gasteiger partial charge in [-0.25, -0.2) is 0 Å². The number of nitrogens with zero attached hydrogens (tertiary/aromatic N) is 1. The zero-order valence-electron chi connectivity index (χ0n) is 11.6. The van der Waals surface area contributed by atoms with Crippen LogP contribution < -0.4 is 16.4 Å². The van der Waals surface area contributed by atoms with Gasteiger partial charge in [-0.2, -0.15) is 0 Å². The molecule has 1 unspecified atom stereocenters. The highest BCUT2D eigenvalue weighted by molar-refractivity contribution is 6.34. The van der Waals surface area contributed by atoms with E-state index in [2.05, 4.69) is 0 Å². The standard InChI is InChI=1S/C14H20ClN3O2/c1-2-18(8-10-4-3-5-20-10)13-11(14(17)19)6-9(16)7-12(13)15/h6-7,10H,2-5,8,16H2,1H3,(H2,17,19). The van der Waals surface area contributed by atoms with Gasteiger partial charge < -0.3 is 21.1 Å². The number of anilines is 2. The van der Waals surface area contributed by atoms with Crippen molar-refractivity contribution in [2.24, 2.45) is 5.73 Å². The molecule has 1 aromatic rings. The first-order valence-corrected chi connectivity index (χ1v) is 7.16. The van der Waals surface area contributed by atoms with Crippen LogP contribution in [0.15, 0.2) is 12.1 Å². The van der Waals surface area contributed by atoms with Crippen molar-refractivity contribution in [3.05, 3.63) is 22.7 Å². The topological polar surface area (TPSA) is 81.6 Å². The average Bonchev–Trinajstić information content (AvgIpc) is 2.88. The van der Waals surface area contributed by atoms with Crippen LogP contribution in [0.2, 0.25) is 5.02 Å². The van der Waals surface area contributed by atoms with E-state index in [1.165, 1.54) is 0 Å². The minimum Gasteiger partial charge on any atom is -0.399 e. The first-order valence-electron chi connectivity index (χ1n) is 6.78. The maximum absolute atomic E-state index is 11.6. The van der Waals surface area contributed by atoms with Crippen LogP contribution in [0.4, 0.5) is 11.4 Å². The van der Waals surface area contributed by atoms with E-state index in [9.17, 15) is 4.79 Å². The Bertz CT molecular complexity index is 501. The molecule has 110 valence electrons. The van der Waals surface area contributed by atoms with Crippen molar-refractivity contribution in [1.29, 1.82) is 0 Å². The lowest BCUT2D eigenvalue weighted by atomic mass is 10.1. The molecule has 0 spiro atoms. The number of ether oxygens (including phenoxy) is 1. The summed E-state index contributed by atoms with van der Waals surface area (Å²) in [7, 11) is 0. The van der Waals surface area contributed by atoms with E-state index in [1.807, 2.05) is 11.8 Å². The highest BCUT2D eigenvalue weighted by atomic mass is 35.5. The van der Waals surface area contributed by atoms with Crippen LogP contribution in [0.1, 0.15) is 30.1 Å². The average molecular weight is 298 g/mol. The molecule has 1 heterocycles. The van der Waals surface area contributed by atoms with Gasteiger partial charge in [-0.05, 0) is 31.9 Å². The summed E-state index contributed by atoms with van der Waals surface area (Å²) in [6, 6.07) is 3.21. The second kappa shape index (κ2) is 6.33. The van der Waals surface area contributed by atoms with Crippen LogP contribution in [0, 0.1) is 0 Å². The molecule has 20 heavy (non-hydrogen) atoms. The number of nitrogens with two attached hydrogens (primary N) is 2. The van der Waals surface area contributed by atoms with Gasteiger partial charge in [-0.1, -0.05) is 11.6 Å². The Hall–Kier alpha value is -1.46. The van der Waals surface area contributed by atoms with Gasteiger partial charge in [0.05, 0.1) is 22.4 Å². The van der Waals surface area contributed by atoms with Crippen LogP contribution >= 0.6 is 11.6 Å². The lowest BCUT2D eigenvalue weighted by Gasteiger charge is -2.28. The summed E-state index contributed by atoms with van der Waals surface area (Å²) in [5.41, 5.74) is 12.6. The third-order valence-electron chi connectivity index (χ3n) is 3.50. The second-order valence-electron chi connectivity index (χ2n) is 4.94. The molecule has 0 bridgehead atoms. The van der Waals surface area contributed by atoms with E-state index in [0.29, 0.717) is 35.1 Å². The number of hydrogen-bond donors (Lipinski definition) is 2. The number of carbonyl (C=O) groups excluding carboxylic acids is 1. The molecule has 0 saturated carbocycles. The maximum atomic E-state index is 11.6. The van der Waals surface area contributed by atoms with Crippen molar-refractivity contribution in [3.8, 4) is 0 Å². The molecule has 4 N–H and O–H groups in total. The van der Waals surface area contributed by atoms with Crippen LogP contribution in [-0.4, -0.2) is 31.7 Å². The van der Waals surface area contributed by atoms with Gasteiger partial charge in [0.15, 0.2) is 0 Å². The fraction of sp³-hybridized carbons (Fsp3) is 0.500. The van der Waals surface area contributed by atoms with E-state index in [1.54, 1.807) is 12.1 Å². The molecule has 0 aromatic heterocycles. The molecule has 1 saturated heterocycles. The SMILES string of the molecule is CCN(CC1CCCO1)c1c(Cl)cc(N)cc1C(N)=O. The minimum absolute atomic E-state index is 0.171. The predicted molar refractivity (Wildman–Crippen MR) is 81.2 cm³/mol. The summed E-state index contributed by atoms with van der Waals surface area (Å²) in [6.45, 7) is 4.21. The third kappa shape index (κ3) is 3.16. The van der Waals surface area contributed by atoms with E-state index in [0.717, 1.165) is 19.4 Å². The fourth-order valence-electron chi connectivity index (χ4n) is 2.54. The van der Waals surface area contributed by atoms with Crippen molar-refractivity contribution >= 4 is 28.9 Å². The summed E-state index contributed by atoms with van der Waals surface area (Å²) < 4.78 is 5.65.